The SMILES string of the molecule is C=C(C)C(=O)OCCCc1cc(-c2ccc(-c3ccc(C4CCC(CCCCC)CC4)cc3)cc2CC)cc(CCCC2COC(=O)OC2)c1OCC(COC(=O)C(=C)C)(CC1COC(=O)OC1)CC1COC(=O)OC1. The summed E-state index contributed by atoms with van der Waals surface area (Å²) in [5.74, 6) is 0.542. The van der Waals surface area contributed by atoms with Crippen molar-refractivity contribution in [2.24, 2.45) is 29.1 Å². The molecule has 0 amide bonds. The van der Waals surface area contributed by atoms with Gasteiger partial charge in [0.25, 0.3) is 0 Å². The third kappa shape index (κ3) is 16.6. The van der Waals surface area contributed by atoms with E-state index in [4.69, 9.17) is 42.6 Å². The molecule has 412 valence electrons. The van der Waals surface area contributed by atoms with Crippen molar-refractivity contribution in [2.45, 2.75) is 136 Å². The van der Waals surface area contributed by atoms with Crippen molar-refractivity contribution in [3.63, 3.8) is 0 Å². The second kappa shape index (κ2) is 28.2. The molecule has 14 heteroatoms. The summed E-state index contributed by atoms with van der Waals surface area (Å²) in [5.41, 5.74) is 8.49. The van der Waals surface area contributed by atoms with E-state index < -0.39 is 35.8 Å². The van der Waals surface area contributed by atoms with Gasteiger partial charge in [0, 0.05) is 34.3 Å². The normalized spacial score (nSPS) is 18.5. The van der Waals surface area contributed by atoms with E-state index in [2.05, 4.69) is 81.6 Å². The first kappa shape index (κ1) is 57.4. The number of ether oxygens (including phenoxy) is 9. The topological polar surface area (TPSA) is 168 Å². The summed E-state index contributed by atoms with van der Waals surface area (Å²) in [5, 5.41) is 0. The largest absolute Gasteiger partial charge is 0.508 e. The van der Waals surface area contributed by atoms with Gasteiger partial charge in [-0.1, -0.05) is 95.2 Å². The molecule has 3 aromatic carbocycles. The number of carbonyl (C=O) groups excluding carboxylic acids is 5. The molecular weight excluding hydrogens is 969 g/mol. The zero-order valence-corrected chi connectivity index (χ0v) is 45.4. The Bertz CT molecular complexity index is 2420. The average molecular weight is 1050 g/mol. The third-order valence-electron chi connectivity index (χ3n) is 15.5. The van der Waals surface area contributed by atoms with Gasteiger partial charge < -0.3 is 42.6 Å². The van der Waals surface area contributed by atoms with Crippen LogP contribution in [-0.2, 0) is 66.7 Å². The predicted octanol–water partition coefficient (Wildman–Crippen LogP) is 13.4. The number of benzene rings is 3. The van der Waals surface area contributed by atoms with Crippen molar-refractivity contribution in [1.29, 1.82) is 0 Å². The molecule has 0 radical (unpaired) electrons. The van der Waals surface area contributed by atoms with E-state index in [9.17, 15) is 24.0 Å². The Kier molecular flexibility index (Phi) is 21.3. The number of cyclic esters (lactones) is 6. The van der Waals surface area contributed by atoms with Gasteiger partial charge in [0.1, 0.15) is 52.0 Å². The number of carbonyl (C=O) groups is 5. The number of hydrogen-bond acceptors (Lipinski definition) is 14. The molecule has 0 aromatic heterocycles. The predicted molar refractivity (Wildman–Crippen MR) is 288 cm³/mol. The first-order chi connectivity index (χ1) is 36.7. The van der Waals surface area contributed by atoms with Crippen LogP contribution in [0.5, 0.6) is 5.75 Å². The first-order valence-electron chi connectivity index (χ1n) is 27.8. The molecule has 7 rings (SSSR count). The molecule has 3 heterocycles. The van der Waals surface area contributed by atoms with Crippen molar-refractivity contribution in [1.82, 2.24) is 0 Å². The monoisotopic (exact) mass is 1050 g/mol. The van der Waals surface area contributed by atoms with E-state index in [-0.39, 0.29) is 82.8 Å². The van der Waals surface area contributed by atoms with Gasteiger partial charge >= 0.3 is 30.4 Å². The number of hydrogen-bond donors (Lipinski definition) is 0. The van der Waals surface area contributed by atoms with Crippen LogP contribution in [0.15, 0.2) is 78.9 Å². The van der Waals surface area contributed by atoms with Crippen LogP contribution in [0.3, 0.4) is 0 Å². The molecule has 0 atom stereocenters. The van der Waals surface area contributed by atoms with Crippen LogP contribution in [0, 0.1) is 29.1 Å². The van der Waals surface area contributed by atoms with Crippen molar-refractivity contribution in [3.8, 4) is 28.0 Å². The second-order valence-corrected chi connectivity index (χ2v) is 21.9. The molecule has 0 bridgehead atoms. The van der Waals surface area contributed by atoms with Crippen LogP contribution in [0.1, 0.15) is 139 Å². The van der Waals surface area contributed by atoms with Crippen LogP contribution >= 0.6 is 0 Å². The van der Waals surface area contributed by atoms with E-state index in [0.29, 0.717) is 55.8 Å². The molecule has 4 aliphatic rings. The highest BCUT2D eigenvalue weighted by Gasteiger charge is 2.42. The fraction of sp³-hybridized carbons (Fsp3) is 0.565. The number of esters is 2. The number of aryl methyl sites for hydroxylation is 3. The molecule has 4 fully saturated rings. The maximum absolute atomic E-state index is 13.2. The Balaban J connectivity index is 1.23. The highest BCUT2D eigenvalue weighted by atomic mass is 16.7. The molecule has 1 aliphatic carbocycles. The van der Waals surface area contributed by atoms with Gasteiger partial charge in [-0.2, -0.15) is 0 Å². The van der Waals surface area contributed by atoms with Crippen LogP contribution in [0.2, 0.25) is 0 Å². The average Bonchev–Trinajstić information content (AvgIpc) is 3.43. The molecule has 0 N–H and O–H groups in total. The van der Waals surface area contributed by atoms with E-state index in [1.165, 1.54) is 68.1 Å². The molecular formula is C62H80O14. The standard InChI is InChI=1S/C62H80O14/c1-7-9-10-13-43-17-19-48(20-18-43)49-21-23-50(24-22-49)51-25-26-55(47(8-2)28-51)54-29-52(15-11-14-44-33-69-59(65)70-34-44)56(53(30-54)16-12-27-68-57(63)41(3)4)75-39-62(40-76-58(64)42(5)6,31-45-35-71-60(66)72-36-45)32-46-37-73-61(67)74-38-46/h21-26,28-30,43-46,48H,3,5,7-20,27,31-40H2,1-2,4,6H3. The fourth-order valence-electron chi connectivity index (χ4n) is 11.3. The first-order valence-corrected chi connectivity index (χ1v) is 27.8. The lowest BCUT2D eigenvalue weighted by molar-refractivity contribution is -0.146. The third-order valence-corrected chi connectivity index (χ3v) is 15.5. The number of unbranched alkanes of at least 4 members (excludes halogenated alkanes) is 2. The number of rotatable bonds is 27. The summed E-state index contributed by atoms with van der Waals surface area (Å²) in [7, 11) is 0. The summed E-state index contributed by atoms with van der Waals surface area (Å²) in [6.45, 7) is 16.2. The molecule has 0 spiro atoms. The zero-order valence-electron chi connectivity index (χ0n) is 45.4. The lowest BCUT2D eigenvalue weighted by atomic mass is 9.74. The minimum atomic E-state index is -0.940. The summed E-state index contributed by atoms with van der Waals surface area (Å²) >= 11 is 0. The lowest BCUT2D eigenvalue weighted by Gasteiger charge is -2.39. The maximum Gasteiger partial charge on any atom is 0.508 e. The lowest BCUT2D eigenvalue weighted by Crippen LogP contribution is -2.43. The van der Waals surface area contributed by atoms with Crippen molar-refractivity contribution < 1.29 is 66.6 Å². The van der Waals surface area contributed by atoms with Gasteiger partial charge in [0.15, 0.2) is 0 Å². The highest BCUT2D eigenvalue weighted by molar-refractivity contribution is 5.87. The van der Waals surface area contributed by atoms with Gasteiger partial charge in [0.2, 0.25) is 0 Å². The van der Waals surface area contributed by atoms with Crippen LogP contribution in [0.25, 0.3) is 22.3 Å². The maximum atomic E-state index is 13.2. The zero-order chi connectivity index (χ0) is 54.0. The summed E-state index contributed by atoms with van der Waals surface area (Å²) in [6, 6.07) is 20.3. The van der Waals surface area contributed by atoms with Crippen LogP contribution < -0.4 is 4.74 Å². The highest BCUT2D eigenvalue weighted by Crippen LogP contribution is 2.42. The minimum Gasteiger partial charge on any atom is -0.492 e. The molecule has 0 unspecified atom stereocenters. The van der Waals surface area contributed by atoms with Gasteiger partial charge in [0.05, 0.1) is 13.2 Å². The van der Waals surface area contributed by atoms with Crippen LogP contribution in [-0.4, -0.2) is 89.9 Å². The van der Waals surface area contributed by atoms with E-state index in [1.807, 2.05) is 0 Å². The van der Waals surface area contributed by atoms with Crippen molar-refractivity contribution in [2.75, 3.05) is 59.5 Å². The van der Waals surface area contributed by atoms with Crippen LogP contribution in [0.4, 0.5) is 14.4 Å². The Morgan fingerprint density at radius 3 is 1.63 bits per heavy atom. The molecule has 14 nitrogen and oxygen atoms in total. The van der Waals surface area contributed by atoms with Gasteiger partial charge in [-0.05, 0) is 159 Å². The van der Waals surface area contributed by atoms with Gasteiger partial charge in [-0.3, -0.25) is 0 Å². The molecule has 3 aliphatic heterocycles. The summed E-state index contributed by atoms with van der Waals surface area (Å²) in [6.07, 6.45) is 12.8. The Hall–Kier alpha value is -6.31. The molecule has 1 saturated carbocycles. The summed E-state index contributed by atoms with van der Waals surface area (Å²) < 4.78 is 50.6. The van der Waals surface area contributed by atoms with E-state index >= 15 is 0 Å². The van der Waals surface area contributed by atoms with Gasteiger partial charge in [-0.15, -0.1) is 0 Å². The minimum absolute atomic E-state index is 0.0191. The Morgan fingerprint density at radius 2 is 1.08 bits per heavy atom. The molecule has 76 heavy (non-hydrogen) atoms. The van der Waals surface area contributed by atoms with Gasteiger partial charge in [-0.25, -0.2) is 24.0 Å². The molecule has 3 saturated heterocycles. The van der Waals surface area contributed by atoms with Crippen molar-refractivity contribution in [3.05, 3.63) is 101 Å². The second-order valence-electron chi connectivity index (χ2n) is 21.9. The van der Waals surface area contributed by atoms with Crippen molar-refractivity contribution >= 4 is 30.4 Å². The summed E-state index contributed by atoms with van der Waals surface area (Å²) in [4.78, 5) is 61.6. The van der Waals surface area contributed by atoms with E-state index in [0.717, 1.165) is 46.6 Å². The fourth-order valence-corrected chi connectivity index (χ4v) is 11.3. The molecule has 3 aromatic rings. The Labute approximate surface area is 449 Å². The quantitative estimate of drug-likeness (QED) is 0.0306. The smallest absolute Gasteiger partial charge is 0.492 e. The van der Waals surface area contributed by atoms with E-state index in [1.54, 1.807) is 13.8 Å². The Morgan fingerprint density at radius 1 is 0.566 bits per heavy atom.